The first-order valence-corrected chi connectivity index (χ1v) is 6.59. The Balaban J connectivity index is 1.84. The van der Waals surface area contributed by atoms with E-state index in [-0.39, 0.29) is 19.1 Å². The summed E-state index contributed by atoms with van der Waals surface area (Å²) in [7, 11) is 1.61. The third-order valence-corrected chi connectivity index (χ3v) is 3.85. The molecule has 0 radical (unpaired) electrons. The molecule has 1 saturated heterocycles. The van der Waals surface area contributed by atoms with Gasteiger partial charge in [0.15, 0.2) is 0 Å². The zero-order valence-electron chi connectivity index (χ0n) is 11.4. The van der Waals surface area contributed by atoms with E-state index in [2.05, 4.69) is 9.97 Å². The normalized spacial score (nSPS) is 21.6. The molecule has 0 bridgehead atoms. The van der Waals surface area contributed by atoms with Crippen molar-refractivity contribution in [3.63, 3.8) is 0 Å². The van der Waals surface area contributed by atoms with Gasteiger partial charge in [-0.1, -0.05) is 0 Å². The van der Waals surface area contributed by atoms with Gasteiger partial charge in [-0.2, -0.15) is 0 Å². The standard InChI is InChI=1S/C14H15N3O4/c1-17(12-6-21-5-9(12)14(19)20)13(18)8-2-3-10-11(4-8)16-7-15-10/h2-4,7,9,12H,5-6H2,1H3,(H,15,16)(H,19,20). The number of carboxylic acids is 1. The summed E-state index contributed by atoms with van der Waals surface area (Å²) in [4.78, 5) is 32.2. The maximum absolute atomic E-state index is 12.5. The molecule has 1 aliphatic rings. The molecule has 0 aliphatic carbocycles. The van der Waals surface area contributed by atoms with Crippen molar-refractivity contribution in [2.45, 2.75) is 6.04 Å². The number of amides is 1. The molecule has 2 N–H and O–H groups in total. The van der Waals surface area contributed by atoms with Crippen LogP contribution in [0.4, 0.5) is 0 Å². The van der Waals surface area contributed by atoms with Crippen molar-refractivity contribution in [2.24, 2.45) is 5.92 Å². The number of benzene rings is 1. The number of aromatic amines is 1. The molecular formula is C14H15N3O4. The minimum absolute atomic E-state index is 0.136. The molecule has 1 aromatic carbocycles. The molecule has 2 aromatic rings. The number of fused-ring (bicyclic) bond motifs is 1. The van der Waals surface area contributed by atoms with Gasteiger partial charge in [0, 0.05) is 12.6 Å². The lowest BCUT2D eigenvalue weighted by Crippen LogP contribution is -2.44. The van der Waals surface area contributed by atoms with E-state index in [4.69, 9.17) is 9.84 Å². The van der Waals surface area contributed by atoms with Crippen LogP contribution in [0.1, 0.15) is 10.4 Å². The van der Waals surface area contributed by atoms with Crippen LogP contribution >= 0.6 is 0 Å². The summed E-state index contributed by atoms with van der Waals surface area (Å²) >= 11 is 0. The van der Waals surface area contributed by atoms with Gasteiger partial charge in [-0.05, 0) is 18.2 Å². The maximum atomic E-state index is 12.5. The molecule has 1 fully saturated rings. The summed E-state index contributed by atoms with van der Waals surface area (Å²) in [5, 5.41) is 9.17. The summed E-state index contributed by atoms with van der Waals surface area (Å²) in [5.74, 6) is -1.86. The average Bonchev–Trinajstić information content (AvgIpc) is 3.13. The van der Waals surface area contributed by atoms with Gasteiger partial charge < -0.3 is 19.7 Å². The highest BCUT2D eigenvalue weighted by molar-refractivity contribution is 5.97. The Labute approximate surface area is 120 Å². The van der Waals surface area contributed by atoms with Crippen LogP contribution in [-0.2, 0) is 9.53 Å². The molecule has 0 spiro atoms. The van der Waals surface area contributed by atoms with Crippen molar-refractivity contribution in [2.75, 3.05) is 20.3 Å². The highest BCUT2D eigenvalue weighted by atomic mass is 16.5. The fourth-order valence-electron chi connectivity index (χ4n) is 2.58. The zero-order valence-corrected chi connectivity index (χ0v) is 11.4. The van der Waals surface area contributed by atoms with Gasteiger partial charge in [0.25, 0.3) is 5.91 Å². The van der Waals surface area contributed by atoms with Gasteiger partial charge in [-0.25, -0.2) is 4.98 Å². The van der Waals surface area contributed by atoms with E-state index in [0.29, 0.717) is 5.56 Å². The van der Waals surface area contributed by atoms with E-state index in [0.717, 1.165) is 11.0 Å². The number of aliphatic carboxylic acids is 1. The summed E-state index contributed by atoms with van der Waals surface area (Å²) in [6, 6.07) is 4.71. The van der Waals surface area contributed by atoms with E-state index in [1.807, 2.05) is 0 Å². The fourth-order valence-corrected chi connectivity index (χ4v) is 2.58. The number of ether oxygens (including phenoxy) is 1. The predicted molar refractivity (Wildman–Crippen MR) is 73.9 cm³/mol. The molecule has 21 heavy (non-hydrogen) atoms. The first-order valence-electron chi connectivity index (χ1n) is 6.59. The number of hydrogen-bond acceptors (Lipinski definition) is 4. The minimum atomic E-state index is -0.943. The molecular weight excluding hydrogens is 274 g/mol. The Hall–Kier alpha value is -2.41. The van der Waals surface area contributed by atoms with E-state index < -0.39 is 17.9 Å². The van der Waals surface area contributed by atoms with E-state index in [1.165, 1.54) is 4.90 Å². The Morgan fingerprint density at radius 3 is 3.00 bits per heavy atom. The molecule has 7 nitrogen and oxygen atoms in total. The molecule has 7 heteroatoms. The van der Waals surface area contributed by atoms with E-state index in [9.17, 15) is 9.59 Å². The number of H-pyrrole nitrogens is 1. The largest absolute Gasteiger partial charge is 0.481 e. The van der Waals surface area contributed by atoms with Gasteiger partial charge in [0.1, 0.15) is 5.92 Å². The van der Waals surface area contributed by atoms with Gasteiger partial charge in [-0.3, -0.25) is 9.59 Å². The number of carboxylic acid groups (broad SMARTS) is 1. The number of carbonyl (C=O) groups is 2. The average molecular weight is 289 g/mol. The Morgan fingerprint density at radius 1 is 1.43 bits per heavy atom. The lowest BCUT2D eigenvalue weighted by Gasteiger charge is -2.26. The smallest absolute Gasteiger partial charge is 0.311 e. The SMILES string of the molecule is CN(C(=O)c1ccc2nc[nH]c2c1)C1COCC1C(=O)O. The number of rotatable bonds is 3. The summed E-state index contributed by atoms with van der Waals surface area (Å²) in [6.07, 6.45) is 1.56. The second kappa shape index (κ2) is 5.17. The first kappa shape index (κ1) is 13.6. The third-order valence-electron chi connectivity index (χ3n) is 3.85. The quantitative estimate of drug-likeness (QED) is 0.868. The number of nitrogens with zero attached hydrogens (tertiary/aromatic N) is 2. The Bertz CT molecular complexity index is 696. The van der Waals surface area contributed by atoms with Crippen molar-refractivity contribution >= 4 is 22.9 Å². The summed E-state index contributed by atoms with van der Waals surface area (Å²) in [5.41, 5.74) is 2.04. The van der Waals surface area contributed by atoms with Gasteiger partial charge in [0.05, 0.1) is 36.6 Å². The van der Waals surface area contributed by atoms with Crippen molar-refractivity contribution in [3.05, 3.63) is 30.1 Å². The summed E-state index contributed by atoms with van der Waals surface area (Å²) < 4.78 is 5.21. The monoisotopic (exact) mass is 289 g/mol. The number of aromatic nitrogens is 2. The molecule has 0 saturated carbocycles. The zero-order chi connectivity index (χ0) is 15.0. The van der Waals surface area contributed by atoms with Crippen LogP contribution in [-0.4, -0.2) is 58.2 Å². The van der Waals surface area contributed by atoms with Crippen molar-refractivity contribution < 1.29 is 19.4 Å². The second-order valence-electron chi connectivity index (χ2n) is 5.10. The number of hydrogen-bond donors (Lipinski definition) is 2. The van der Waals surface area contributed by atoms with E-state index in [1.54, 1.807) is 31.6 Å². The van der Waals surface area contributed by atoms with Gasteiger partial charge in [0.2, 0.25) is 0 Å². The molecule has 1 amide bonds. The van der Waals surface area contributed by atoms with Crippen molar-refractivity contribution in [1.82, 2.24) is 14.9 Å². The topological polar surface area (TPSA) is 95.5 Å². The van der Waals surface area contributed by atoms with E-state index >= 15 is 0 Å². The lowest BCUT2D eigenvalue weighted by atomic mass is 10.0. The fraction of sp³-hybridized carbons (Fsp3) is 0.357. The first-order chi connectivity index (χ1) is 10.1. The lowest BCUT2D eigenvalue weighted by molar-refractivity contribution is -0.142. The molecule has 2 unspecified atom stereocenters. The van der Waals surface area contributed by atoms with Crippen LogP contribution in [0.5, 0.6) is 0 Å². The number of nitrogens with one attached hydrogen (secondary N) is 1. The maximum Gasteiger partial charge on any atom is 0.311 e. The molecule has 1 aliphatic heterocycles. The minimum Gasteiger partial charge on any atom is -0.481 e. The molecule has 1 aromatic heterocycles. The highest BCUT2D eigenvalue weighted by Crippen LogP contribution is 2.21. The van der Waals surface area contributed by atoms with Crippen molar-refractivity contribution in [1.29, 1.82) is 0 Å². The highest BCUT2D eigenvalue weighted by Gasteiger charge is 2.38. The summed E-state index contributed by atoms with van der Waals surface area (Å²) in [6.45, 7) is 0.378. The van der Waals surface area contributed by atoms with Gasteiger partial charge in [-0.15, -0.1) is 0 Å². The third kappa shape index (κ3) is 2.36. The second-order valence-corrected chi connectivity index (χ2v) is 5.10. The van der Waals surface area contributed by atoms with Crippen LogP contribution in [0.2, 0.25) is 0 Å². The van der Waals surface area contributed by atoms with Crippen molar-refractivity contribution in [3.8, 4) is 0 Å². The van der Waals surface area contributed by atoms with Gasteiger partial charge >= 0.3 is 5.97 Å². The van der Waals surface area contributed by atoms with Crippen LogP contribution < -0.4 is 0 Å². The number of imidazole rings is 1. The molecule has 3 rings (SSSR count). The molecule has 110 valence electrons. The van der Waals surface area contributed by atoms with Crippen LogP contribution in [0.3, 0.4) is 0 Å². The molecule has 2 heterocycles. The Kier molecular flexibility index (Phi) is 3.34. The van der Waals surface area contributed by atoms with Crippen LogP contribution in [0.25, 0.3) is 11.0 Å². The molecule has 2 atom stereocenters. The number of likely N-dealkylation sites (N-methyl/N-ethyl adjacent to an activating group) is 1. The van der Waals surface area contributed by atoms with Crippen LogP contribution in [0, 0.1) is 5.92 Å². The van der Waals surface area contributed by atoms with Crippen LogP contribution in [0.15, 0.2) is 24.5 Å². The Morgan fingerprint density at radius 2 is 2.24 bits per heavy atom. The number of carbonyl (C=O) groups excluding carboxylic acids is 1. The predicted octanol–water partition coefficient (Wildman–Crippen LogP) is 0.734.